The fourth-order valence-corrected chi connectivity index (χ4v) is 2.54. The summed E-state index contributed by atoms with van der Waals surface area (Å²) in [7, 11) is 1.46. The van der Waals surface area contributed by atoms with Crippen LogP contribution in [0.15, 0.2) is 24.3 Å². The van der Waals surface area contributed by atoms with Crippen LogP contribution in [0.5, 0.6) is 0 Å². The van der Waals surface area contributed by atoms with Crippen LogP contribution in [0.3, 0.4) is 0 Å². The minimum atomic E-state index is -0.233. The fraction of sp³-hybridized carbons (Fsp3) is 0.533. The van der Waals surface area contributed by atoms with Gasteiger partial charge in [0.15, 0.2) is 0 Å². The number of methoxy groups -OCH3 is 1. The second kappa shape index (κ2) is 6.01. The molecule has 1 aromatic rings. The Balaban J connectivity index is 2.23. The molecule has 0 saturated carbocycles. The van der Waals surface area contributed by atoms with E-state index in [1.807, 2.05) is 0 Å². The van der Waals surface area contributed by atoms with Gasteiger partial charge in [-0.1, -0.05) is 31.2 Å². The molecule has 0 N–H and O–H groups in total. The summed E-state index contributed by atoms with van der Waals surface area (Å²) in [4.78, 5) is 14.2. The molecule has 1 unspecified atom stereocenters. The van der Waals surface area contributed by atoms with Gasteiger partial charge in [-0.05, 0) is 43.5 Å². The molecule has 18 heavy (non-hydrogen) atoms. The lowest BCUT2D eigenvalue weighted by Gasteiger charge is -2.25. The highest BCUT2D eigenvalue weighted by Gasteiger charge is 2.30. The molecule has 1 atom stereocenters. The number of ether oxygens (including phenoxy) is 1. The van der Waals surface area contributed by atoms with Gasteiger partial charge in [0.1, 0.15) is 6.04 Å². The number of nitrogens with zero attached hydrogens (tertiary/aromatic N) is 1. The van der Waals surface area contributed by atoms with Crippen molar-refractivity contribution in [1.82, 2.24) is 4.90 Å². The third-order valence-electron chi connectivity index (χ3n) is 3.63. The van der Waals surface area contributed by atoms with Crippen molar-refractivity contribution in [3.05, 3.63) is 35.4 Å². The van der Waals surface area contributed by atoms with Crippen molar-refractivity contribution in [2.45, 2.75) is 32.2 Å². The van der Waals surface area contributed by atoms with E-state index in [1.54, 1.807) is 0 Å². The summed E-state index contributed by atoms with van der Waals surface area (Å²) in [6.07, 6.45) is 3.36. The van der Waals surface area contributed by atoms with E-state index >= 15 is 0 Å². The normalized spacial score (nSPS) is 17.7. The van der Waals surface area contributed by atoms with Crippen molar-refractivity contribution in [1.29, 1.82) is 0 Å². The zero-order valence-electron chi connectivity index (χ0n) is 11.2. The standard InChI is InChI=1S/C15H21NO2/c1-3-12-6-8-13(9-7-12)14(15(17)18-2)16-10-4-5-11-16/h6-9,14H,3-5,10-11H2,1-2H3. The lowest BCUT2D eigenvalue weighted by atomic mass is 10.0. The first-order chi connectivity index (χ1) is 8.76. The van der Waals surface area contributed by atoms with Crippen LogP contribution < -0.4 is 0 Å². The van der Waals surface area contributed by atoms with Gasteiger partial charge in [-0.2, -0.15) is 0 Å². The minimum Gasteiger partial charge on any atom is -0.468 e. The second-order valence-electron chi connectivity index (χ2n) is 4.76. The minimum absolute atomic E-state index is 0.152. The molecule has 3 heteroatoms. The molecule has 1 aromatic carbocycles. The number of benzene rings is 1. The van der Waals surface area contributed by atoms with E-state index in [4.69, 9.17) is 4.74 Å². The molecule has 1 saturated heterocycles. The van der Waals surface area contributed by atoms with Gasteiger partial charge in [-0.25, -0.2) is 4.79 Å². The monoisotopic (exact) mass is 247 g/mol. The van der Waals surface area contributed by atoms with Gasteiger partial charge >= 0.3 is 5.97 Å². The number of carbonyl (C=O) groups is 1. The zero-order chi connectivity index (χ0) is 13.0. The SMILES string of the molecule is CCc1ccc(C(C(=O)OC)N2CCCC2)cc1. The topological polar surface area (TPSA) is 29.5 Å². The molecular weight excluding hydrogens is 226 g/mol. The largest absolute Gasteiger partial charge is 0.468 e. The maximum absolute atomic E-state index is 12.0. The average molecular weight is 247 g/mol. The second-order valence-corrected chi connectivity index (χ2v) is 4.76. The Hall–Kier alpha value is -1.35. The van der Waals surface area contributed by atoms with Crippen LogP contribution in [0.1, 0.15) is 36.9 Å². The lowest BCUT2D eigenvalue weighted by molar-refractivity contribution is -0.146. The Kier molecular flexibility index (Phi) is 4.37. The van der Waals surface area contributed by atoms with Crippen LogP contribution >= 0.6 is 0 Å². The molecule has 0 aliphatic carbocycles. The number of aryl methyl sites for hydroxylation is 1. The molecule has 0 aromatic heterocycles. The first kappa shape index (κ1) is 13.1. The summed E-state index contributed by atoms with van der Waals surface area (Å²) < 4.78 is 4.96. The molecule has 1 fully saturated rings. The quantitative estimate of drug-likeness (QED) is 0.766. The summed E-state index contributed by atoms with van der Waals surface area (Å²) in [6, 6.07) is 8.07. The van der Waals surface area contributed by atoms with Crippen LogP contribution in [0.2, 0.25) is 0 Å². The molecular formula is C15H21NO2. The fourth-order valence-electron chi connectivity index (χ4n) is 2.54. The predicted molar refractivity (Wildman–Crippen MR) is 71.4 cm³/mol. The van der Waals surface area contributed by atoms with E-state index < -0.39 is 0 Å². The predicted octanol–water partition coefficient (Wildman–Crippen LogP) is 2.56. The third-order valence-corrected chi connectivity index (χ3v) is 3.63. The molecule has 1 heterocycles. The van der Waals surface area contributed by atoms with Crippen LogP contribution in [-0.4, -0.2) is 31.1 Å². The Morgan fingerprint density at radius 1 is 1.28 bits per heavy atom. The highest BCUT2D eigenvalue weighted by Crippen LogP contribution is 2.26. The smallest absolute Gasteiger partial charge is 0.327 e. The third kappa shape index (κ3) is 2.72. The molecule has 0 radical (unpaired) electrons. The Bertz CT molecular complexity index is 393. The van der Waals surface area contributed by atoms with Crippen LogP contribution in [-0.2, 0) is 16.0 Å². The molecule has 1 aliphatic heterocycles. The van der Waals surface area contributed by atoms with Crippen LogP contribution in [0, 0.1) is 0 Å². The number of esters is 1. The van der Waals surface area contributed by atoms with Crippen molar-refractivity contribution < 1.29 is 9.53 Å². The van der Waals surface area contributed by atoms with Crippen molar-refractivity contribution >= 4 is 5.97 Å². The first-order valence-electron chi connectivity index (χ1n) is 6.67. The van der Waals surface area contributed by atoms with Gasteiger partial charge in [0.2, 0.25) is 0 Å². The Morgan fingerprint density at radius 3 is 2.39 bits per heavy atom. The number of carbonyl (C=O) groups excluding carboxylic acids is 1. The van der Waals surface area contributed by atoms with Gasteiger partial charge in [-0.3, -0.25) is 4.90 Å². The van der Waals surface area contributed by atoms with Crippen molar-refractivity contribution in [2.24, 2.45) is 0 Å². The van der Waals surface area contributed by atoms with E-state index in [1.165, 1.54) is 25.5 Å². The highest BCUT2D eigenvalue weighted by molar-refractivity contribution is 5.77. The lowest BCUT2D eigenvalue weighted by Crippen LogP contribution is -2.32. The van der Waals surface area contributed by atoms with E-state index in [-0.39, 0.29) is 12.0 Å². The first-order valence-corrected chi connectivity index (χ1v) is 6.67. The van der Waals surface area contributed by atoms with E-state index in [2.05, 4.69) is 36.1 Å². The Labute approximate surface area is 109 Å². The number of hydrogen-bond donors (Lipinski definition) is 0. The van der Waals surface area contributed by atoms with Crippen molar-refractivity contribution in [3.8, 4) is 0 Å². The molecule has 0 amide bonds. The molecule has 0 bridgehead atoms. The van der Waals surface area contributed by atoms with Gasteiger partial charge in [-0.15, -0.1) is 0 Å². The summed E-state index contributed by atoms with van der Waals surface area (Å²) in [5.74, 6) is -0.152. The molecule has 2 rings (SSSR count). The number of likely N-dealkylation sites (tertiary alicyclic amines) is 1. The maximum atomic E-state index is 12.0. The van der Waals surface area contributed by atoms with Crippen molar-refractivity contribution in [2.75, 3.05) is 20.2 Å². The highest BCUT2D eigenvalue weighted by atomic mass is 16.5. The molecule has 1 aliphatic rings. The summed E-state index contributed by atoms with van der Waals surface area (Å²) in [5.41, 5.74) is 2.34. The average Bonchev–Trinajstić information content (AvgIpc) is 2.93. The van der Waals surface area contributed by atoms with Gasteiger partial charge in [0.25, 0.3) is 0 Å². The molecule has 3 nitrogen and oxygen atoms in total. The number of hydrogen-bond acceptors (Lipinski definition) is 3. The van der Waals surface area contributed by atoms with Crippen LogP contribution in [0.25, 0.3) is 0 Å². The zero-order valence-corrected chi connectivity index (χ0v) is 11.2. The maximum Gasteiger partial charge on any atom is 0.327 e. The van der Waals surface area contributed by atoms with E-state index in [0.29, 0.717) is 0 Å². The van der Waals surface area contributed by atoms with Crippen molar-refractivity contribution in [3.63, 3.8) is 0 Å². The molecule has 98 valence electrons. The molecule has 0 spiro atoms. The summed E-state index contributed by atoms with van der Waals surface area (Å²) in [5, 5.41) is 0. The summed E-state index contributed by atoms with van der Waals surface area (Å²) >= 11 is 0. The number of rotatable bonds is 4. The van der Waals surface area contributed by atoms with Gasteiger partial charge in [0.05, 0.1) is 7.11 Å². The van der Waals surface area contributed by atoms with Crippen LogP contribution in [0.4, 0.5) is 0 Å². The van der Waals surface area contributed by atoms with E-state index in [9.17, 15) is 4.79 Å². The Morgan fingerprint density at radius 2 is 1.89 bits per heavy atom. The van der Waals surface area contributed by atoms with Gasteiger partial charge < -0.3 is 4.74 Å². The van der Waals surface area contributed by atoms with E-state index in [0.717, 1.165) is 25.1 Å². The summed E-state index contributed by atoms with van der Waals surface area (Å²) in [6.45, 7) is 4.10. The van der Waals surface area contributed by atoms with Gasteiger partial charge in [0, 0.05) is 0 Å².